The lowest BCUT2D eigenvalue weighted by molar-refractivity contribution is 0.124. The van der Waals surface area contributed by atoms with E-state index in [-0.39, 0.29) is 11.5 Å². The summed E-state index contributed by atoms with van der Waals surface area (Å²) < 4.78 is 4.69. The Labute approximate surface area is 90.6 Å². The van der Waals surface area contributed by atoms with Gasteiger partial charge in [0.1, 0.15) is 0 Å². The Morgan fingerprint density at radius 1 is 1.36 bits per heavy atom. The van der Waals surface area contributed by atoms with Gasteiger partial charge in [0.15, 0.2) is 0 Å². The summed E-state index contributed by atoms with van der Waals surface area (Å²) in [4.78, 5) is 15.3. The normalized spacial score (nSPS) is 21.5. The van der Waals surface area contributed by atoms with Gasteiger partial charge in [-0.05, 0) is 13.3 Å². The van der Waals surface area contributed by atoms with Crippen molar-refractivity contribution in [2.75, 3.05) is 33.3 Å². The molecule has 0 aliphatic carbocycles. The van der Waals surface area contributed by atoms with Crippen molar-refractivity contribution in [1.29, 1.82) is 0 Å². The second kappa shape index (κ2) is 5.46. The van der Waals surface area contributed by atoms with E-state index in [0.29, 0.717) is 0 Å². The predicted octanol–water partition coefficient (Wildman–Crippen LogP) is 1.04. The number of hydrogen-bond donors (Lipinski definition) is 1. The maximum Gasteiger partial charge on any atom is 0.409 e. The summed E-state index contributed by atoms with van der Waals surface area (Å²) >= 11 is 4.38. The van der Waals surface area contributed by atoms with Gasteiger partial charge in [-0.3, -0.25) is 4.90 Å². The molecule has 5 heteroatoms. The highest BCUT2D eigenvalue weighted by molar-refractivity contribution is 7.80. The molecule has 1 unspecified atom stereocenters. The number of methoxy groups -OCH3 is 1. The average molecular weight is 218 g/mol. The second-order valence-electron chi connectivity index (χ2n) is 3.48. The molecule has 0 aromatic rings. The van der Waals surface area contributed by atoms with Gasteiger partial charge in [-0.15, -0.1) is 0 Å². The summed E-state index contributed by atoms with van der Waals surface area (Å²) in [5.74, 6) is 0. The van der Waals surface area contributed by atoms with E-state index in [2.05, 4.69) is 24.5 Å². The van der Waals surface area contributed by atoms with E-state index in [4.69, 9.17) is 4.74 Å². The molecule has 1 saturated heterocycles. The van der Waals surface area contributed by atoms with Crippen LogP contribution >= 0.6 is 12.6 Å². The number of carbonyl (C=O) groups excluding carboxylic acids is 1. The molecule has 1 atom stereocenters. The second-order valence-corrected chi connectivity index (χ2v) is 4.23. The molecule has 1 rings (SSSR count). The van der Waals surface area contributed by atoms with Crippen LogP contribution in [0.15, 0.2) is 0 Å². The number of rotatable bonds is 1. The molecular formula is C9H18N2O2S. The fourth-order valence-electron chi connectivity index (χ4n) is 1.62. The largest absolute Gasteiger partial charge is 0.453 e. The molecule has 0 bridgehead atoms. The predicted molar refractivity (Wildman–Crippen MR) is 58.6 cm³/mol. The van der Waals surface area contributed by atoms with Gasteiger partial charge in [-0.25, -0.2) is 4.79 Å². The zero-order valence-electron chi connectivity index (χ0n) is 8.77. The van der Waals surface area contributed by atoms with Crippen molar-refractivity contribution in [3.8, 4) is 0 Å². The quantitative estimate of drug-likeness (QED) is 0.667. The lowest BCUT2D eigenvalue weighted by Gasteiger charge is -2.23. The molecule has 1 aliphatic heterocycles. The van der Waals surface area contributed by atoms with Gasteiger partial charge in [0, 0.05) is 31.6 Å². The van der Waals surface area contributed by atoms with Crippen LogP contribution in [0.25, 0.3) is 0 Å². The highest BCUT2D eigenvalue weighted by Crippen LogP contribution is 2.09. The Morgan fingerprint density at radius 3 is 2.64 bits per heavy atom. The molecule has 0 saturated carbocycles. The van der Waals surface area contributed by atoms with E-state index in [1.54, 1.807) is 4.90 Å². The molecular weight excluding hydrogens is 200 g/mol. The number of thiol groups is 1. The molecule has 0 N–H and O–H groups in total. The van der Waals surface area contributed by atoms with Crippen LogP contribution < -0.4 is 0 Å². The van der Waals surface area contributed by atoms with Gasteiger partial charge >= 0.3 is 6.09 Å². The first-order valence-corrected chi connectivity index (χ1v) is 5.42. The number of amides is 1. The molecule has 1 fully saturated rings. The summed E-state index contributed by atoms with van der Waals surface area (Å²) in [5, 5.41) is 0.257. The number of nitrogens with zero attached hydrogens (tertiary/aromatic N) is 2. The van der Waals surface area contributed by atoms with Gasteiger partial charge in [0.2, 0.25) is 0 Å². The Hall–Kier alpha value is -0.420. The van der Waals surface area contributed by atoms with Crippen LogP contribution in [0.3, 0.4) is 0 Å². The van der Waals surface area contributed by atoms with Crippen molar-refractivity contribution in [3.63, 3.8) is 0 Å². The Balaban J connectivity index is 2.44. The molecule has 1 aliphatic rings. The minimum atomic E-state index is -0.223. The first-order valence-electron chi connectivity index (χ1n) is 4.90. The van der Waals surface area contributed by atoms with Crippen LogP contribution in [0.4, 0.5) is 4.79 Å². The minimum absolute atomic E-state index is 0.223. The van der Waals surface area contributed by atoms with Crippen molar-refractivity contribution >= 4 is 18.7 Å². The van der Waals surface area contributed by atoms with Crippen LogP contribution in [0.1, 0.15) is 13.3 Å². The van der Waals surface area contributed by atoms with E-state index in [1.165, 1.54) is 7.11 Å². The third-order valence-electron chi connectivity index (χ3n) is 2.49. The van der Waals surface area contributed by atoms with Gasteiger partial charge in [0.05, 0.1) is 7.11 Å². The molecule has 14 heavy (non-hydrogen) atoms. The van der Waals surface area contributed by atoms with E-state index < -0.39 is 0 Å². The topological polar surface area (TPSA) is 32.8 Å². The van der Waals surface area contributed by atoms with Gasteiger partial charge in [0.25, 0.3) is 0 Å². The molecule has 0 aromatic carbocycles. The number of ether oxygens (including phenoxy) is 1. The average Bonchev–Trinajstić information content (AvgIpc) is 2.41. The molecule has 0 spiro atoms. The van der Waals surface area contributed by atoms with Crippen molar-refractivity contribution < 1.29 is 9.53 Å². The van der Waals surface area contributed by atoms with Crippen LogP contribution in [0.2, 0.25) is 0 Å². The first-order chi connectivity index (χ1) is 6.65. The Morgan fingerprint density at radius 2 is 2.07 bits per heavy atom. The molecule has 0 radical (unpaired) electrons. The third-order valence-corrected chi connectivity index (χ3v) is 2.82. The highest BCUT2D eigenvalue weighted by Gasteiger charge is 2.20. The van der Waals surface area contributed by atoms with Crippen molar-refractivity contribution in [2.24, 2.45) is 0 Å². The highest BCUT2D eigenvalue weighted by atomic mass is 32.1. The lowest BCUT2D eigenvalue weighted by atomic mass is 10.4. The SMILES string of the molecule is COC(=O)N1CCCN(C(C)S)CC1. The molecule has 0 aromatic heterocycles. The van der Waals surface area contributed by atoms with Crippen LogP contribution in [-0.2, 0) is 4.74 Å². The lowest BCUT2D eigenvalue weighted by Crippen LogP contribution is -2.36. The summed E-state index contributed by atoms with van der Waals surface area (Å²) in [5.41, 5.74) is 0. The summed E-state index contributed by atoms with van der Waals surface area (Å²) in [7, 11) is 1.42. The van der Waals surface area contributed by atoms with Crippen LogP contribution in [0.5, 0.6) is 0 Å². The summed E-state index contributed by atoms with van der Waals surface area (Å²) in [6.07, 6.45) is 0.763. The van der Waals surface area contributed by atoms with E-state index in [0.717, 1.165) is 32.6 Å². The molecule has 1 heterocycles. The zero-order chi connectivity index (χ0) is 10.6. The van der Waals surface area contributed by atoms with Crippen molar-refractivity contribution in [3.05, 3.63) is 0 Å². The third kappa shape index (κ3) is 3.06. The zero-order valence-corrected chi connectivity index (χ0v) is 9.67. The van der Waals surface area contributed by atoms with Gasteiger partial charge < -0.3 is 9.64 Å². The van der Waals surface area contributed by atoms with Crippen molar-refractivity contribution in [1.82, 2.24) is 9.80 Å². The van der Waals surface area contributed by atoms with E-state index in [1.807, 2.05) is 0 Å². The molecule has 82 valence electrons. The Kier molecular flexibility index (Phi) is 4.54. The number of carbonyl (C=O) groups is 1. The van der Waals surface area contributed by atoms with Gasteiger partial charge in [-0.1, -0.05) is 0 Å². The van der Waals surface area contributed by atoms with Crippen molar-refractivity contribution in [2.45, 2.75) is 18.7 Å². The number of hydrogen-bond acceptors (Lipinski definition) is 4. The summed E-state index contributed by atoms with van der Waals surface area (Å²) in [6, 6.07) is 0. The Bertz CT molecular complexity index is 199. The standard InChI is InChI=1S/C9H18N2O2S/c1-8(14)10-4-3-5-11(7-6-10)9(12)13-2/h8,14H,3-7H2,1-2H3. The monoisotopic (exact) mass is 218 g/mol. The summed E-state index contributed by atoms with van der Waals surface area (Å²) in [6.45, 7) is 5.44. The van der Waals surface area contributed by atoms with Crippen LogP contribution in [-0.4, -0.2) is 54.6 Å². The first kappa shape index (κ1) is 11.7. The minimum Gasteiger partial charge on any atom is -0.453 e. The molecule has 1 amide bonds. The van der Waals surface area contributed by atoms with Crippen LogP contribution in [0, 0.1) is 0 Å². The van der Waals surface area contributed by atoms with E-state index in [9.17, 15) is 4.79 Å². The fourth-order valence-corrected chi connectivity index (χ4v) is 1.85. The van der Waals surface area contributed by atoms with Gasteiger partial charge in [-0.2, -0.15) is 12.6 Å². The van der Waals surface area contributed by atoms with E-state index >= 15 is 0 Å². The maximum atomic E-state index is 11.3. The smallest absolute Gasteiger partial charge is 0.409 e. The molecule has 4 nitrogen and oxygen atoms in total. The fraction of sp³-hybridized carbons (Fsp3) is 0.889. The maximum absolute atomic E-state index is 11.3.